The van der Waals surface area contributed by atoms with Crippen molar-refractivity contribution in [1.29, 1.82) is 0 Å². The third-order valence-electron chi connectivity index (χ3n) is 1.59. The van der Waals surface area contributed by atoms with Crippen LogP contribution in [0.2, 0.25) is 0 Å². The number of sulfone groups is 1. The standard InChI is InChI=1S/C8H9BO3S/c1-12-7-4-3-6(9)5-8(7)13(2,10)11/h3-5H,1-2H3. The number of ether oxygens (including phenoxy) is 1. The van der Waals surface area contributed by atoms with Gasteiger partial charge in [0.25, 0.3) is 0 Å². The summed E-state index contributed by atoms with van der Waals surface area (Å²) in [6.45, 7) is 0. The van der Waals surface area contributed by atoms with E-state index in [1.54, 1.807) is 6.07 Å². The van der Waals surface area contributed by atoms with E-state index in [0.717, 1.165) is 6.26 Å². The zero-order valence-corrected chi connectivity index (χ0v) is 8.26. The van der Waals surface area contributed by atoms with Crippen LogP contribution in [-0.4, -0.2) is 29.6 Å². The molecule has 0 aromatic heterocycles. The first-order valence-electron chi connectivity index (χ1n) is 3.58. The maximum Gasteiger partial charge on any atom is 0.179 e. The molecular weight excluding hydrogens is 187 g/mol. The fraction of sp³-hybridized carbons (Fsp3) is 0.250. The first-order valence-corrected chi connectivity index (χ1v) is 5.48. The van der Waals surface area contributed by atoms with Crippen molar-refractivity contribution in [1.82, 2.24) is 0 Å². The molecule has 0 aliphatic carbocycles. The van der Waals surface area contributed by atoms with Gasteiger partial charge in [-0.05, 0) is 12.1 Å². The fourth-order valence-corrected chi connectivity index (χ4v) is 1.85. The predicted molar refractivity (Wildman–Crippen MR) is 51.5 cm³/mol. The Morgan fingerprint density at radius 3 is 2.46 bits per heavy atom. The van der Waals surface area contributed by atoms with E-state index in [1.165, 1.54) is 19.2 Å². The van der Waals surface area contributed by atoms with Crippen molar-refractivity contribution < 1.29 is 13.2 Å². The van der Waals surface area contributed by atoms with Crippen molar-refractivity contribution in [3.63, 3.8) is 0 Å². The molecule has 5 heteroatoms. The Kier molecular flexibility index (Phi) is 2.66. The van der Waals surface area contributed by atoms with E-state index in [0.29, 0.717) is 11.2 Å². The summed E-state index contributed by atoms with van der Waals surface area (Å²) in [5.41, 5.74) is 0.404. The van der Waals surface area contributed by atoms with Crippen LogP contribution in [0.4, 0.5) is 0 Å². The molecule has 0 heterocycles. The lowest BCUT2D eigenvalue weighted by Gasteiger charge is -2.06. The summed E-state index contributed by atoms with van der Waals surface area (Å²) < 4.78 is 27.4. The molecule has 2 radical (unpaired) electrons. The number of hydrogen-bond acceptors (Lipinski definition) is 3. The summed E-state index contributed by atoms with van der Waals surface area (Å²) in [6, 6.07) is 4.51. The third-order valence-corrected chi connectivity index (χ3v) is 2.71. The zero-order valence-electron chi connectivity index (χ0n) is 7.44. The van der Waals surface area contributed by atoms with Crippen molar-refractivity contribution in [2.24, 2.45) is 0 Å². The van der Waals surface area contributed by atoms with Crippen molar-refractivity contribution in [3.05, 3.63) is 18.2 Å². The summed E-state index contributed by atoms with van der Waals surface area (Å²) in [4.78, 5) is 0.120. The van der Waals surface area contributed by atoms with E-state index in [2.05, 4.69) is 0 Å². The molecule has 0 unspecified atom stereocenters. The Morgan fingerprint density at radius 2 is 2.00 bits per heavy atom. The second kappa shape index (κ2) is 3.42. The molecule has 0 saturated heterocycles. The van der Waals surface area contributed by atoms with Crippen LogP contribution in [0, 0.1) is 0 Å². The van der Waals surface area contributed by atoms with Gasteiger partial charge in [0.1, 0.15) is 18.5 Å². The second-order valence-electron chi connectivity index (χ2n) is 2.68. The van der Waals surface area contributed by atoms with E-state index in [1.807, 2.05) is 0 Å². The first-order chi connectivity index (χ1) is 5.95. The molecule has 1 aromatic rings. The molecule has 68 valence electrons. The Balaban J connectivity index is 3.41. The SMILES string of the molecule is [B]c1ccc(OC)c(S(C)(=O)=O)c1. The van der Waals surface area contributed by atoms with Gasteiger partial charge in [0.05, 0.1) is 7.11 Å². The average molecular weight is 196 g/mol. The van der Waals surface area contributed by atoms with E-state index in [9.17, 15) is 8.42 Å². The summed E-state index contributed by atoms with van der Waals surface area (Å²) in [5.74, 6) is 0.316. The molecule has 0 aliphatic heterocycles. The highest BCUT2D eigenvalue weighted by molar-refractivity contribution is 7.90. The van der Waals surface area contributed by atoms with Gasteiger partial charge >= 0.3 is 0 Å². The zero-order chi connectivity index (χ0) is 10.1. The number of benzene rings is 1. The van der Waals surface area contributed by atoms with Crippen LogP contribution >= 0.6 is 0 Å². The van der Waals surface area contributed by atoms with Gasteiger partial charge in [0.2, 0.25) is 0 Å². The van der Waals surface area contributed by atoms with Crippen LogP contribution in [0.15, 0.2) is 23.1 Å². The minimum atomic E-state index is -3.27. The highest BCUT2D eigenvalue weighted by atomic mass is 32.2. The topological polar surface area (TPSA) is 43.4 Å². The van der Waals surface area contributed by atoms with Gasteiger partial charge in [-0.15, -0.1) is 0 Å². The lowest BCUT2D eigenvalue weighted by atomic mass is 9.97. The number of rotatable bonds is 2. The van der Waals surface area contributed by atoms with Crippen LogP contribution in [-0.2, 0) is 9.84 Å². The maximum atomic E-state index is 11.2. The summed E-state index contributed by atoms with van der Waals surface area (Å²) in [5, 5.41) is 0. The Labute approximate surface area is 79.1 Å². The number of methoxy groups -OCH3 is 1. The summed E-state index contributed by atoms with van der Waals surface area (Å²) in [6.07, 6.45) is 1.12. The largest absolute Gasteiger partial charge is 0.495 e. The van der Waals surface area contributed by atoms with Gasteiger partial charge in [0, 0.05) is 6.26 Å². The molecule has 0 atom stereocenters. The molecule has 0 saturated carbocycles. The monoisotopic (exact) mass is 196 g/mol. The van der Waals surface area contributed by atoms with Crippen LogP contribution < -0.4 is 10.2 Å². The molecule has 3 nitrogen and oxygen atoms in total. The predicted octanol–water partition coefficient (Wildman–Crippen LogP) is -0.107. The molecule has 1 aromatic carbocycles. The molecule has 1 rings (SSSR count). The van der Waals surface area contributed by atoms with Crippen molar-refractivity contribution >= 4 is 23.1 Å². The fourth-order valence-electron chi connectivity index (χ4n) is 0.983. The minimum absolute atomic E-state index is 0.120. The lowest BCUT2D eigenvalue weighted by Crippen LogP contribution is -2.08. The minimum Gasteiger partial charge on any atom is -0.495 e. The average Bonchev–Trinajstić information content (AvgIpc) is 2.03. The molecule has 0 N–H and O–H groups in total. The van der Waals surface area contributed by atoms with Crippen molar-refractivity contribution in [3.8, 4) is 5.75 Å². The normalized spacial score (nSPS) is 11.2. The molecule has 0 fully saturated rings. The quantitative estimate of drug-likeness (QED) is 0.620. The second-order valence-corrected chi connectivity index (χ2v) is 4.67. The summed E-state index contributed by atoms with van der Waals surface area (Å²) >= 11 is 0. The van der Waals surface area contributed by atoms with Crippen LogP contribution in [0.3, 0.4) is 0 Å². The van der Waals surface area contributed by atoms with Crippen LogP contribution in [0.5, 0.6) is 5.75 Å². The highest BCUT2D eigenvalue weighted by Gasteiger charge is 2.13. The molecule has 13 heavy (non-hydrogen) atoms. The lowest BCUT2D eigenvalue weighted by molar-refractivity contribution is 0.403. The van der Waals surface area contributed by atoms with Gasteiger partial charge < -0.3 is 4.74 Å². The van der Waals surface area contributed by atoms with Gasteiger partial charge in [-0.25, -0.2) is 8.42 Å². The third kappa shape index (κ3) is 2.24. The molecule has 0 bridgehead atoms. The van der Waals surface area contributed by atoms with Gasteiger partial charge in [-0.3, -0.25) is 0 Å². The highest BCUT2D eigenvalue weighted by Crippen LogP contribution is 2.21. The van der Waals surface area contributed by atoms with Crippen molar-refractivity contribution in [2.75, 3.05) is 13.4 Å². The number of hydrogen-bond donors (Lipinski definition) is 0. The van der Waals surface area contributed by atoms with Crippen molar-refractivity contribution in [2.45, 2.75) is 4.90 Å². The Bertz CT molecular complexity index is 411. The van der Waals surface area contributed by atoms with E-state index < -0.39 is 9.84 Å². The maximum absolute atomic E-state index is 11.2. The van der Waals surface area contributed by atoms with E-state index in [4.69, 9.17) is 12.6 Å². The molecule has 0 amide bonds. The van der Waals surface area contributed by atoms with Gasteiger partial charge in [0.15, 0.2) is 9.84 Å². The Morgan fingerprint density at radius 1 is 1.38 bits per heavy atom. The van der Waals surface area contributed by atoms with Gasteiger partial charge in [-0.1, -0.05) is 11.5 Å². The Hall–Kier alpha value is -0.965. The van der Waals surface area contributed by atoms with E-state index in [-0.39, 0.29) is 4.90 Å². The summed E-state index contributed by atoms with van der Waals surface area (Å²) in [7, 11) is 3.60. The van der Waals surface area contributed by atoms with E-state index >= 15 is 0 Å². The molecular formula is C8H9BO3S. The smallest absolute Gasteiger partial charge is 0.179 e. The van der Waals surface area contributed by atoms with Gasteiger partial charge in [-0.2, -0.15) is 0 Å². The first kappa shape index (κ1) is 10.1. The van der Waals surface area contributed by atoms with Crippen LogP contribution in [0.1, 0.15) is 0 Å². The molecule has 0 spiro atoms. The molecule has 0 aliphatic rings. The van der Waals surface area contributed by atoms with Crippen LogP contribution in [0.25, 0.3) is 0 Å².